The van der Waals surface area contributed by atoms with Gasteiger partial charge >= 0.3 is 0 Å². The molecule has 2 aliphatic heterocycles. The number of ether oxygens (including phenoxy) is 1. The standard InChI is InChI=1S/C23H22FN5O/c24-16-2-3-17-18-14-29(6-5-19(18)26-20(17)12-16)23-11-15-1-4-22(27-21(15)13-25-23)28-7-9-30-10-8-28/h1-4,11-13,26H,5-10,14H2. The van der Waals surface area contributed by atoms with Crippen LogP contribution in [0.25, 0.3) is 21.8 Å². The lowest BCUT2D eigenvalue weighted by Gasteiger charge is -2.29. The lowest BCUT2D eigenvalue weighted by atomic mass is 10.0. The van der Waals surface area contributed by atoms with Gasteiger partial charge in [-0.25, -0.2) is 14.4 Å². The quantitative estimate of drug-likeness (QED) is 0.554. The summed E-state index contributed by atoms with van der Waals surface area (Å²) < 4.78 is 19.0. The molecule has 1 fully saturated rings. The molecule has 0 unspecified atom stereocenters. The summed E-state index contributed by atoms with van der Waals surface area (Å²) in [6.07, 6.45) is 2.76. The summed E-state index contributed by atoms with van der Waals surface area (Å²) in [5.74, 6) is 1.72. The Hall–Kier alpha value is -3.19. The molecular formula is C23H22FN5O. The van der Waals surface area contributed by atoms with Crippen molar-refractivity contribution < 1.29 is 9.13 Å². The number of pyridine rings is 2. The van der Waals surface area contributed by atoms with E-state index in [1.54, 1.807) is 6.07 Å². The molecule has 7 heteroatoms. The molecule has 5 heterocycles. The van der Waals surface area contributed by atoms with Crippen LogP contribution < -0.4 is 9.80 Å². The van der Waals surface area contributed by atoms with Crippen LogP contribution in [0.2, 0.25) is 0 Å². The first-order valence-electron chi connectivity index (χ1n) is 10.4. The molecule has 0 spiro atoms. The molecular weight excluding hydrogens is 381 g/mol. The number of nitrogens with one attached hydrogen (secondary N) is 1. The molecule has 152 valence electrons. The van der Waals surface area contributed by atoms with Gasteiger partial charge in [-0.3, -0.25) is 0 Å². The van der Waals surface area contributed by atoms with Crippen LogP contribution in [0, 0.1) is 5.82 Å². The maximum atomic E-state index is 13.6. The first kappa shape index (κ1) is 17.7. The summed E-state index contributed by atoms with van der Waals surface area (Å²) >= 11 is 0. The number of H-pyrrole nitrogens is 1. The van der Waals surface area contributed by atoms with Gasteiger partial charge < -0.3 is 19.5 Å². The van der Waals surface area contributed by atoms with Crippen molar-refractivity contribution in [1.82, 2.24) is 15.0 Å². The Balaban J connectivity index is 1.30. The number of halogens is 1. The molecule has 30 heavy (non-hydrogen) atoms. The number of aromatic amines is 1. The molecule has 0 bridgehead atoms. The number of hydrogen-bond acceptors (Lipinski definition) is 5. The van der Waals surface area contributed by atoms with Crippen molar-refractivity contribution in [2.75, 3.05) is 42.6 Å². The van der Waals surface area contributed by atoms with Crippen molar-refractivity contribution in [2.24, 2.45) is 0 Å². The van der Waals surface area contributed by atoms with Gasteiger partial charge in [0, 0.05) is 60.1 Å². The highest BCUT2D eigenvalue weighted by atomic mass is 19.1. The van der Waals surface area contributed by atoms with E-state index in [-0.39, 0.29) is 5.82 Å². The minimum atomic E-state index is -0.210. The molecule has 3 aromatic heterocycles. The fourth-order valence-electron chi connectivity index (χ4n) is 4.54. The molecule has 1 saturated heterocycles. The molecule has 1 N–H and O–H groups in total. The van der Waals surface area contributed by atoms with E-state index in [0.29, 0.717) is 0 Å². The Morgan fingerprint density at radius 1 is 0.967 bits per heavy atom. The van der Waals surface area contributed by atoms with E-state index in [2.05, 4.69) is 33.0 Å². The van der Waals surface area contributed by atoms with Crippen molar-refractivity contribution in [2.45, 2.75) is 13.0 Å². The number of benzene rings is 1. The zero-order chi connectivity index (χ0) is 20.1. The Morgan fingerprint density at radius 2 is 1.87 bits per heavy atom. The van der Waals surface area contributed by atoms with Crippen molar-refractivity contribution in [3.05, 3.63) is 59.7 Å². The number of anilines is 2. The molecule has 6 rings (SSSR count). The van der Waals surface area contributed by atoms with Crippen LogP contribution >= 0.6 is 0 Å². The van der Waals surface area contributed by atoms with Gasteiger partial charge in [-0.15, -0.1) is 0 Å². The van der Waals surface area contributed by atoms with Gasteiger partial charge in [0.25, 0.3) is 0 Å². The summed E-state index contributed by atoms with van der Waals surface area (Å²) in [5.41, 5.74) is 4.21. The van der Waals surface area contributed by atoms with Gasteiger partial charge in [0.05, 0.1) is 24.9 Å². The minimum absolute atomic E-state index is 0.210. The summed E-state index contributed by atoms with van der Waals surface area (Å²) in [5, 5.41) is 2.18. The molecule has 1 aromatic carbocycles. The normalized spacial score (nSPS) is 17.0. The fraction of sp³-hybridized carbons (Fsp3) is 0.304. The van der Waals surface area contributed by atoms with Gasteiger partial charge in [-0.05, 0) is 36.4 Å². The van der Waals surface area contributed by atoms with Crippen molar-refractivity contribution in [3.8, 4) is 0 Å². The van der Waals surface area contributed by atoms with E-state index in [1.165, 1.54) is 17.3 Å². The van der Waals surface area contributed by atoms with E-state index in [4.69, 9.17) is 14.7 Å². The van der Waals surface area contributed by atoms with Crippen LogP contribution in [-0.4, -0.2) is 47.8 Å². The molecule has 0 aliphatic carbocycles. The highest BCUT2D eigenvalue weighted by Crippen LogP contribution is 2.31. The Morgan fingerprint density at radius 3 is 2.77 bits per heavy atom. The third kappa shape index (κ3) is 2.97. The van der Waals surface area contributed by atoms with Crippen LogP contribution in [0.1, 0.15) is 11.3 Å². The average molecular weight is 403 g/mol. The topological polar surface area (TPSA) is 57.3 Å². The van der Waals surface area contributed by atoms with E-state index in [0.717, 1.165) is 79.3 Å². The summed E-state index contributed by atoms with van der Waals surface area (Å²) in [6, 6.07) is 11.3. The third-order valence-electron chi connectivity index (χ3n) is 6.14. The van der Waals surface area contributed by atoms with Gasteiger partial charge in [0.15, 0.2) is 0 Å². The first-order chi connectivity index (χ1) is 14.7. The predicted molar refractivity (Wildman–Crippen MR) is 116 cm³/mol. The second kappa shape index (κ2) is 6.95. The SMILES string of the molecule is Fc1ccc2c3c([nH]c2c1)CCN(c1cc2ccc(N4CCOCC4)nc2cn1)C3. The number of hydrogen-bond donors (Lipinski definition) is 1. The van der Waals surface area contributed by atoms with E-state index in [1.807, 2.05) is 12.3 Å². The van der Waals surface area contributed by atoms with Gasteiger partial charge in [0.1, 0.15) is 17.5 Å². The number of morpholine rings is 1. The lowest BCUT2D eigenvalue weighted by Crippen LogP contribution is -2.36. The van der Waals surface area contributed by atoms with Crippen molar-refractivity contribution in [1.29, 1.82) is 0 Å². The van der Waals surface area contributed by atoms with Crippen LogP contribution in [0.5, 0.6) is 0 Å². The lowest BCUT2D eigenvalue weighted by molar-refractivity contribution is 0.122. The Bertz CT molecular complexity index is 1250. The summed E-state index contributed by atoms with van der Waals surface area (Å²) in [6.45, 7) is 4.87. The fourth-order valence-corrected chi connectivity index (χ4v) is 4.54. The van der Waals surface area contributed by atoms with Crippen LogP contribution in [0.15, 0.2) is 42.6 Å². The largest absolute Gasteiger partial charge is 0.378 e. The van der Waals surface area contributed by atoms with E-state index in [9.17, 15) is 4.39 Å². The van der Waals surface area contributed by atoms with E-state index < -0.39 is 0 Å². The monoisotopic (exact) mass is 403 g/mol. The zero-order valence-electron chi connectivity index (χ0n) is 16.6. The zero-order valence-corrected chi connectivity index (χ0v) is 16.6. The summed E-state index contributed by atoms with van der Waals surface area (Å²) in [4.78, 5) is 17.5. The van der Waals surface area contributed by atoms with Gasteiger partial charge in [-0.1, -0.05) is 0 Å². The first-order valence-corrected chi connectivity index (χ1v) is 10.4. The minimum Gasteiger partial charge on any atom is -0.378 e. The second-order valence-corrected chi connectivity index (χ2v) is 7.95. The number of rotatable bonds is 2. The van der Waals surface area contributed by atoms with Crippen LogP contribution in [0.4, 0.5) is 16.0 Å². The van der Waals surface area contributed by atoms with Crippen molar-refractivity contribution in [3.63, 3.8) is 0 Å². The maximum Gasteiger partial charge on any atom is 0.129 e. The van der Waals surface area contributed by atoms with Crippen LogP contribution in [-0.2, 0) is 17.7 Å². The molecule has 4 aromatic rings. The molecule has 0 radical (unpaired) electrons. The molecule has 0 amide bonds. The van der Waals surface area contributed by atoms with Crippen LogP contribution in [0.3, 0.4) is 0 Å². The molecule has 0 atom stereocenters. The second-order valence-electron chi connectivity index (χ2n) is 7.95. The maximum absolute atomic E-state index is 13.6. The number of aromatic nitrogens is 3. The summed E-state index contributed by atoms with van der Waals surface area (Å²) in [7, 11) is 0. The Kier molecular flexibility index (Phi) is 4.09. The van der Waals surface area contributed by atoms with Gasteiger partial charge in [0.2, 0.25) is 0 Å². The van der Waals surface area contributed by atoms with E-state index >= 15 is 0 Å². The highest BCUT2D eigenvalue weighted by molar-refractivity contribution is 5.86. The number of nitrogens with zero attached hydrogens (tertiary/aromatic N) is 4. The predicted octanol–water partition coefficient (Wildman–Crippen LogP) is 3.65. The van der Waals surface area contributed by atoms with Gasteiger partial charge in [-0.2, -0.15) is 0 Å². The molecule has 6 nitrogen and oxygen atoms in total. The third-order valence-corrected chi connectivity index (χ3v) is 6.14. The highest BCUT2D eigenvalue weighted by Gasteiger charge is 2.22. The molecule has 2 aliphatic rings. The smallest absolute Gasteiger partial charge is 0.129 e. The number of fused-ring (bicyclic) bond motifs is 4. The molecule has 0 saturated carbocycles. The van der Waals surface area contributed by atoms with Crippen molar-refractivity contribution >= 4 is 33.4 Å². The average Bonchev–Trinajstić information content (AvgIpc) is 3.15. The Labute approximate surface area is 173 Å².